The minimum atomic E-state index is -0.446. The van der Waals surface area contributed by atoms with Gasteiger partial charge in [0.25, 0.3) is 0 Å². The van der Waals surface area contributed by atoms with Crippen molar-refractivity contribution in [3.05, 3.63) is 71.8 Å². The van der Waals surface area contributed by atoms with Gasteiger partial charge in [-0.2, -0.15) is 0 Å². The summed E-state index contributed by atoms with van der Waals surface area (Å²) in [6.07, 6.45) is 1.64. The smallest absolute Gasteiger partial charge is 0.242 e. The van der Waals surface area contributed by atoms with Gasteiger partial charge in [-0.25, -0.2) is 0 Å². The molecule has 28 heavy (non-hydrogen) atoms. The molecule has 2 amide bonds. The minimum absolute atomic E-state index is 0.00585. The van der Waals surface area contributed by atoms with Crippen LogP contribution in [-0.2, 0) is 22.4 Å². The zero-order valence-corrected chi connectivity index (χ0v) is 17.2. The van der Waals surface area contributed by atoms with Crippen LogP contribution in [0.3, 0.4) is 0 Å². The Hall–Kier alpha value is -2.62. The SMILES string of the molecule is CC[C@@H](C(=O)NCC(C)C)N(CCc1ccccc1)C(=O)Cc1ccccc1. The predicted molar refractivity (Wildman–Crippen MR) is 114 cm³/mol. The van der Waals surface area contributed by atoms with Crippen molar-refractivity contribution >= 4 is 11.8 Å². The van der Waals surface area contributed by atoms with Gasteiger partial charge in [0.05, 0.1) is 6.42 Å². The summed E-state index contributed by atoms with van der Waals surface area (Å²) in [5.74, 6) is 0.304. The predicted octanol–water partition coefficient (Wildman–Crippen LogP) is 3.85. The molecule has 150 valence electrons. The summed E-state index contributed by atoms with van der Waals surface area (Å²) < 4.78 is 0. The average Bonchev–Trinajstić information content (AvgIpc) is 2.70. The molecule has 0 aliphatic carbocycles. The quantitative estimate of drug-likeness (QED) is 0.681. The number of amides is 2. The summed E-state index contributed by atoms with van der Waals surface area (Å²) in [6, 6.07) is 19.4. The standard InChI is InChI=1S/C24H32N2O2/c1-4-22(24(28)25-18-19(2)3)26(16-15-20-11-7-5-8-12-20)23(27)17-21-13-9-6-10-14-21/h5-14,19,22H,4,15-18H2,1-3H3,(H,25,28)/t22-/m0/s1. The highest BCUT2D eigenvalue weighted by Gasteiger charge is 2.28. The summed E-state index contributed by atoms with van der Waals surface area (Å²) in [7, 11) is 0. The van der Waals surface area contributed by atoms with Gasteiger partial charge >= 0.3 is 0 Å². The Morgan fingerprint density at radius 3 is 2.04 bits per heavy atom. The van der Waals surface area contributed by atoms with E-state index in [-0.39, 0.29) is 11.8 Å². The third-order valence-corrected chi connectivity index (χ3v) is 4.75. The van der Waals surface area contributed by atoms with E-state index in [1.807, 2.05) is 55.5 Å². The second-order valence-electron chi connectivity index (χ2n) is 7.55. The molecule has 0 saturated heterocycles. The van der Waals surface area contributed by atoms with E-state index in [9.17, 15) is 9.59 Å². The van der Waals surface area contributed by atoms with E-state index < -0.39 is 6.04 Å². The lowest BCUT2D eigenvalue weighted by Crippen LogP contribution is -2.51. The molecular weight excluding hydrogens is 348 g/mol. The van der Waals surface area contributed by atoms with E-state index in [4.69, 9.17) is 0 Å². The van der Waals surface area contributed by atoms with Gasteiger partial charge in [0, 0.05) is 13.1 Å². The fraction of sp³-hybridized carbons (Fsp3) is 0.417. The van der Waals surface area contributed by atoms with Gasteiger partial charge in [-0.15, -0.1) is 0 Å². The van der Waals surface area contributed by atoms with Crippen molar-refractivity contribution in [1.29, 1.82) is 0 Å². The molecule has 1 atom stereocenters. The molecule has 0 spiro atoms. The molecular formula is C24H32N2O2. The van der Waals surface area contributed by atoms with Crippen LogP contribution in [0.25, 0.3) is 0 Å². The number of hydrogen-bond donors (Lipinski definition) is 1. The Balaban J connectivity index is 2.15. The first-order valence-electron chi connectivity index (χ1n) is 10.2. The van der Waals surface area contributed by atoms with Crippen molar-refractivity contribution in [3.8, 4) is 0 Å². The highest BCUT2D eigenvalue weighted by molar-refractivity contribution is 5.88. The van der Waals surface area contributed by atoms with Crippen molar-refractivity contribution < 1.29 is 9.59 Å². The molecule has 0 saturated carbocycles. The van der Waals surface area contributed by atoms with Gasteiger partial charge < -0.3 is 10.2 Å². The van der Waals surface area contributed by atoms with Crippen LogP contribution in [0.5, 0.6) is 0 Å². The average molecular weight is 381 g/mol. The zero-order chi connectivity index (χ0) is 20.4. The van der Waals surface area contributed by atoms with Gasteiger partial charge in [-0.05, 0) is 29.9 Å². The zero-order valence-electron chi connectivity index (χ0n) is 17.2. The summed E-state index contributed by atoms with van der Waals surface area (Å²) in [4.78, 5) is 27.7. The second-order valence-corrected chi connectivity index (χ2v) is 7.55. The third kappa shape index (κ3) is 6.84. The van der Waals surface area contributed by atoms with Crippen LogP contribution in [0.2, 0.25) is 0 Å². The van der Waals surface area contributed by atoms with Crippen molar-refractivity contribution in [3.63, 3.8) is 0 Å². The number of benzene rings is 2. The first-order valence-corrected chi connectivity index (χ1v) is 10.2. The van der Waals surface area contributed by atoms with Crippen molar-refractivity contribution in [2.45, 2.75) is 46.1 Å². The van der Waals surface area contributed by atoms with Crippen LogP contribution >= 0.6 is 0 Å². The van der Waals surface area contributed by atoms with Crippen LogP contribution in [0.4, 0.5) is 0 Å². The monoisotopic (exact) mass is 380 g/mol. The van der Waals surface area contributed by atoms with E-state index in [1.54, 1.807) is 4.90 Å². The third-order valence-electron chi connectivity index (χ3n) is 4.75. The summed E-state index contributed by atoms with van der Waals surface area (Å²) in [5.41, 5.74) is 2.13. The molecule has 0 fully saturated rings. The molecule has 0 unspecified atom stereocenters. The molecule has 2 aromatic carbocycles. The fourth-order valence-corrected chi connectivity index (χ4v) is 3.19. The van der Waals surface area contributed by atoms with E-state index in [1.165, 1.54) is 0 Å². The molecule has 0 radical (unpaired) electrons. The lowest BCUT2D eigenvalue weighted by Gasteiger charge is -2.31. The van der Waals surface area contributed by atoms with Crippen LogP contribution in [0.15, 0.2) is 60.7 Å². The maximum absolute atomic E-state index is 13.1. The Kier molecular flexibility index (Phi) is 8.73. The largest absolute Gasteiger partial charge is 0.354 e. The topological polar surface area (TPSA) is 49.4 Å². The number of rotatable bonds is 10. The summed E-state index contributed by atoms with van der Waals surface area (Å²) >= 11 is 0. The van der Waals surface area contributed by atoms with Gasteiger partial charge in [-0.3, -0.25) is 9.59 Å². The molecule has 1 N–H and O–H groups in total. The Bertz CT molecular complexity index is 729. The molecule has 4 heteroatoms. The Morgan fingerprint density at radius 2 is 1.50 bits per heavy atom. The van der Waals surface area contributed by atoms with Gasteiger partial charge in [0.1, 0.15) is 6.04 Å². The Morgan fingerprint density at radius 1 is 0.929 bits per heavy atom. The van der Waals surface area contributed by atoms with E-state index in [0.29, 0.717) is 31.8 Å². The second kappa shape index (κ2) is 11.3. The molecule has 2 aromatic rings. The van der Waals surface area contributed by atoms with Crippen LogP contribution < -0.4 is 5.32 Å². The summed E-state index contributed by atoms with van der Waals surface area (Å²) in [6.45, 7) is 7.24. The van der Waals surface area contributed by atoms with E-state index in [2.05, 4.69) is 31.3 Å². The highest BCUT2D eigenvalue weighted by atomic mass is 16.2. The van der Waals surface area contributed by atoms with Crippen LogP contribution in [0.1, 0.15) is 38.3 Å². The first kappa shape index (κ1) is 21.7. The summed E-state index contributed by atoms with van der Waals surface area (Å²) in [5, 5.41) is 3.00. The van der Waals surface area contributed by atoms with Crippen molar-refractivity contribution in [2.75, 3.05) is 13.1 Å². The maximum Gasteiger partial charge on any atom is 0.242 e. The molecule has 0 aliphatic heterocycles. The van der Waals surface area contributed by atoms with Crippen molar-refractivity contribution in [1.82, 2.24) is 10.2 Å². The van der Waals surface area contributed by atoms with Gasteiger partial charge in [-0.1, -0.05) is 81.4 Å². The van der Waals surface area contributed by atoms with Crippen LogP contribution in [-0.4, -0.2) is 35.8 Å². The lowest BCUT2D eigenvalue weighted by atomic mass is 10.1. The minimum Gasteiger partial charge on any atom is -0.354 e. The fourth-order valence-electron chi connectivity index (χ4n) is 3.19. The lowest BCUT2D eigenvalue weighted by molar-refractivity contribution is -0.140. The van der Waals surface area contributed by atoms with Crippen LogP contribution in [0, 0.1) is 5.92 Å². The maximum atomic E-state index is 13.1. The molecule has 0 bridgehead atoms. The van der Waals surface area contributed by atoms with E-state index in [0.717, 1.165) is 17.5 Å². The number of nitrogens with zero attached hydrogens (tertiary/aromatic N) is 1. The number of carbonyl (C=O) groups excluding carboxylic acids is 2. The molecule has 4 nitrogen and oxygen atoms in total. The number of carbonyl (C=O) groups is 2. The number of nitrogens with one attached hydrogen (secondary N) is 1. The normalized spacial score (nSPS) is 11.9. The van der Waals surface area contributed by atoms with Gasteiger partial charge in [0.2, 0.25) is 11.8 Å². The molecule has 0 heterocycles. The van der Waals surface area contributed by atoms with E-state index >= 15 is 0 Å². The van der Waals surface area contributed by atoms with Crippen molar-refractivity contribution in [2.24, 2.45) is 5.92 Å². The first-order chi connectivity index (χ1) is 13.5. The molecule has 0 aliphatic rings. The highest BCUT2D eigenvalue weighted by Crippen LogP contribution is 2.12. The molecule has 0 aromatic heterocycles. The Labute approximate surface area is 169 Å². The molecule has 2 rings (SSSR count). The van der Waals surface area contributed by atoms with Gasteiger partial charge in [0.15, 0.2) is 0 Å². The number of hydrogen-bond acceptors (Lipinski definition) is 2.